The molecule has 98 valence electrons. The summed E-state index contributed by atoms with van der Waals surface area (Å²) < 4.78 is 1.94. The molecule has 0 fully saturated rings. The monoisotopic (exact) mass is 261 g/mol. The number of benzene rings is 2. The van der Waals surface area contributed by atoms with Crippen molar-refractivity contribution >= 4 is 22.8 Å². The first kappa shape index (κ1) is 12.4. The van der Waals surface area contributed by atoms with Gasteiger partial charge in [0.15, 0.2) is 0 Å². The van der Waals surface area contributed by atoms with Gasteiger partial charge in [0.05, 0.1) is 5.69 Å². The Labute approximate surface area is 118 Å². The van der Waals surface area contributed by atoms with Gasteiger partial charge in [-0.1, -0.05) is 54.6 Å². The fourth-order valence-electron chi connectivity index (χ4n) is 2.35. The molecule has 0 aliphatic carbocycles. The molecule has 0 aliphatic heterocycles. The molecule has 0 amide bonds. The van der Waals surface area contributed by atoms with Crippen LogP contribution in [0.1, 0.15) is 16.1 Å². The van der Waals surface area contributed by atoms with Crippen LogP contribution in [0.25, 0.3) is 17.0 Å². The van der Waals surface area contributed by atoms with Gasteiger partial charge < -0.3 is 4.57 Å². The summed E-state index contributed by atoms with van der Waals surface area (Å²) in [5.41, 5.74) is 2.81. The second-order valence-electron chi connectivity index (χ2n) is 4.76. The largest absolute Gasteiger partial charge is 0.341 e. The summed E-state index contributed by atoms with van der Waals surface area (Å²) in [6.07, 6.45) is 3.48. The van der Waals surface area contributed by atoms with Gasteiger partial charge >= 0.3 is 0 Å². The fourth-order valence-corrected chi connectivity index (χ4v) is 2.35. The molecule has 0 unspecified atom stereocenters. The van der Waals surface area contributed by atoms with Crippen molar-refractivity contribution < 1.29 is 4.79 Å². The quantitative estimate of drug-likeness (QED) is 0.514. The van der Waals surface area contributed by atoms with E-state index >= 15 is 0 Å². The number of aryl methyl sites for hydroxylation is 1. The van der Waals surface area contributed by atoms with Crippen LogP contribution in [0.3, 0.4) is 0 Å². The Kier molecular flexibility index (Phi) is 3.21. The van der Waals surface area contributed by atoms with Crippen molar-refractivity contribution in [2.24, 2.45) is 7.05 Å². The Hall–Kier alpha value is -2.61. The molecule has 0 spiro atoms. The highest BCUT2D eigenvalue weighted by atomic mass is 16.1. The van der Waals surface area contributed by atoms with Crippen LogP contribution in [0.5, 0.6) is 0 Å². The molecular weight excluding hydrogens is 246 g/mol. The Bertz CT molecular complexity index is 782. The molecule has 0 bridgehead atoms. The van der Waals surface area contributed by atoms with E-state index in [0.717, 1.165) is 16.5 Å². The molecule has 1 aromatic heterocycles. The van der Waals surface area contributed by atoms with Crippen molar-refractivity contribution in [3.05, 3.63) is 78.0 Å². The number of aromatic nitrogens is 1. The lowest BCUT2D eigenvalue weighted by molar-refractivity contribution is 0.104. The first-order chi connectivity index (χ1) is 9.75. The maximum atomic E-state index is 12.3. The van der Waals surface area contributed by atoms with E-state index in [2.05, 4.69) is 0 Å². The van der Waals surface area contributed by atoms with Gasteiger partial charge in [0.2, 0.25) is 5.78 Å². The van der Waals surface area contributed by atoms with Crippen molar-refractivity contribution in [3.63, 3.8) is 0 Å². The van der Waals surface area contributed by atoms with Crippen LogP contribution in [-0.4, -0.2) is 10.4 Å². The molecule has 2 nitrogen and oxygen atoms in total. The van der Waals surface area contributed by atoms with Gasteiger partial charge in [0.25, 0.3) is 0 Å². The zero-order chi connectivity index (χ0) is 13.9. The predicted molar refractivity (Wildman–Crippen MR) is 82.7 cm³/mol. The van der Waals surface area contributed by atoms with Crippen LogP contribution in [0.2, 0.25) is 0 Å². The normalized spacial score (nSPS) is 11.2. The van der Waals surface area contributed by atoms with Crippen LogP contribution in [-0.2, 0) is 7.05 Å². The van der Waals surface area contributed by atoms with Crippen LogP contribution >= 0.6 is 0 Å². The lowest BCUT2D eigenvalue weighted by Gasteiger charge is -2.00. The summed E-state index contributed by atoms with van der Waals surface area (Å²) >= 11 is 0. The van der Waals surface area contributed by atoms with Crippen molar-refractivity contribution in [3.8, 4) is 0 Å². The number of hydrogen-bond acceptors (Lipinski definition) is 1. The van der Waals surface area contributed by atoms with Crippen LogP contribution in [0.4, 0.5) is 0 Å². The van der Waals surface area contributed by atoms with Crippen LogP contribution < -0.4 is 0 Å². The number of rotatable bonds is 3. The highest BCUT2D eigenvalue weighted by Gasteiger charge is 2.10. The molecule has 3 aromatic rings. The fraction of sp³-hybridized carbons (Fsp3) is 0.0556. The standard InChI is InChI=1S/C18H15NO/c1-19-16-10-6-5-9-15(16)13-17(19)18(20)12-11-14-7-3-2-4-8-14/h2-13H,1H3. The van der Waals surface area contributed by atoms with Crippen molar-refractivity contribution in [1.82, 2.24) is 4.57 Å². The molecule has 0 radical (unpaired) electrons. The van der Waals surface area contributed by atoms with E-state index in [1.807, 2.05) is 78.4 Å². The number of carbonyl (C=O) groups is 1. The van der Waals surface area contributed by atoms with E-state index in [4.69, 9.17) is 0 Å². The van der Waals surface area contributed by atoms with Crippen molar-refractivity contribution in [2.75, 3.05) is 0 Å². The number of carbonyl (C=O) groups excluding carboxylic acids is 1. The molecule has 0 N–H and O–H groups in total. The van der Waals surface area contributed by atoms with E-state index in [1.165, 1.54) is 0 Å². The van der Waals surface area contributed by atoms with Gasteiger partial charge in [-0.25, -0.2) is 0 Å². The zero-order valence-corrected chi connectivity index (χ0v) is 11.3. The van der Waals surface area contributed by atoms with Gasteiger partial charge in [0.1, 0.15) is 0 Å². The number of para-hydroxylation sites is 1. The number of nitrogens with zero attached hydrogens (tertiary/aromatic N) is 1. The Morgan fingerprint density at radius 2 is 1.70 bits per heavy atom. The van der Waals surface area contributed by atoms with E-state index in [0.29, 0.717) is 5.69 Å². The SMILES string of the molecule is Cn1c(C(=O)C=Cc2ccccc2)cc2ccccc21. The third-order valence-corrected chi connectivity index (χ3v) is 3.43. The lowest BCUT2D eigenvalue weighted by atomic mass is 10.1. The van der Waals surface area contributed by atoms with E-state index in [-0.39, 0.29) is 5.78 Å². The average molecular weight is 261 g/mol. The number of allylic oxidation sites excluding steroid dienone is 1. The molecule has 2 aromatic carbocycles. The van der Waals surface area contributed by atoms with Gasteiger partial charge in [-0.15, -0.1) is 0 Å². The molecule has 2 heteroatoms. The Morgan fingerprint density at radius 3 is 2.45 bits per heavy atom. The molecule has 3 rings (SSSR count). The van der Waals surface area contributed by atoms with Gasteiger partial charge in [-0.3, -0.25) is 4.79 Å². The Morgan fingerprint density at radius 1 is 1.00 bits per heavy atom. The zero-order valence-electron chi connectivity index (χ0n) is 11.3. The van der Waals surface area contributed by atoms with E-state index < -0.39 is 0 Å². The van der Waals surface area contributed by atoms with Gasteiger partial charge in [0, 0.05) is 18.0 Å². The third-order valence-electron chi connectivity index (χ3n) is 3.43. The van der Waals surface area contributed by atoms with E-state index in [9.17, 15) is 4.79 Å². The second-order valence-corrected chi connectivity index (χ2v) is 4.76. The number of hydrogen-bond donors (Lipinski definition) is 0. The summed E-state index contributed by atoms with van der Waals surface area (Å²) in [5, 5.41) is 1.09. The topological polar surface area (TPSA) is 22.0 Å². The lowest BCUT2D eigenvalue weighted by Crippen LogP contribution is -2.02. The maximum absolute atomic E-state index is 12.3. The minimum atomic E-state index is 0.0209. The summed E-state index contributed by atoms with van der Waals surface area (Å²) in [6.45, 7) is 0. The minimum absolute atomic E-state index is 0.0209. The first-order valence-electron chi connectivity index (χ1n) is 6.57. The Balaban J connectivity index is 1.93. The minimum Gasteiger partial charge on any atom is -0.341 e. The van der Waals surface area contributed by atoms with Gasteiger partial charge in [-0.2, -0.15) is 0 Å². The second kappa shape index (κ2) is 5.17. The molecular formula is C18H15NO. The van der Waals surface area contributed by atoms with Crippen molar-refractivity contribution in [2.45, 2.75) is 0 Å². The maximum Gasteiger partial charge on any atom is 0.202 e. The summed E-state index contributed by atoms with van der Waals surface area (Å²) in [7, 11) is 1.92. The number of ketones is 1. The highest BCUT2D eigenvalue weighted by molar-refractivity contribution is 6.08. The smallest absolute Gasteiger partial charge is 0.202 e. The third kappa shape index (κ3) is 2.28. The van der Waals surface area contributed by atoms with Crippen LogP contribution in [0.15, 0.2) is 66.7 Å². The summed E-state index contributed by atoms with van der Waals surface area (Å²) in [6, 6.07) is 19.8. The number of fused-ring (bicyclic) bond motifs is 1. The van der Waals surface area contributed by atoms with Gasteiger partial charge in [-0.05, 0) is 23.8 Å². The summed E-state index contributed by atoms with van der Waals surface area (Å²) in [5.74, 6) is 0.0209. The average Bonchev–Trinajstić information content (AvgIpc) is 2.84. The molecule has 0 saturated carbocycles. The molecule has 1 heterocycles. The van der Waals surface area contributed by atoms with E-state index in [1.54, 1.807) is 6.08 Å². The molecule has 20 heavy (non-hydrogen) atoms. The molecule has 0 saturated heterocycles. The molecule has 0 atom stereocenters. The predicted octanol–water partition coefficient (Wildman–Crippen LogP) is 4.07. The molecule has 0 aliphatic rings. The highest BCUT2D eigenvalue weighted by Crippen LogP contribution is 2.19. The van der Waals surface area contributed by atoms with Crippen LogP contribution in [0, 0.1) is 0 Å². The van der Waals surface area contributed by atoms with Crippen molar-refractivity contribution in [1.29, 1.82) is 0 Å². The first-order valence-corrected chi connectivity index (χ1v) is 6.57. The summed E-state index contributed by atoms with van der Waals surface area (Å²) in [4.78, 5) is 12.3.